The molecule has 0 aliphatic heterocycles. The summed E-state index contributed by atoms with van der Waals surface area (Å²) in [6.07, 6.45) is 6.93. The van der Waals surface area contributed by atoms with Crippen molar-refractivity contribution in [3.63, 3.8) is 0 Å². The van der Waals surface area contributed by atoms with E-state index in [1.165, 1.54) is 111 Å². The highest BCUT2D eigenvalue weighted by Crippen LogP contribution is 2.64. The van der Waals surface area contributed by atoms with Crippen molar-refractivity contribution in [1.82, 2.24) is 0 Å². The minimum absolute atomic E-state index is 0.0323. The lowest BCUT2D eigenvalue weighted by atomic mass is 9.70. The highest BCUT2D eigenvalue weighted by molar-refractivity contribution is 6.03. The molecule has 0 unspecified atom stereocenters. The summed E-state index contributed by atoms with van der Waals surface area (Å²) < 4.78 is 0. The molecule has 0 bridgehead atoms. The highest BCUT2D eigenvalue weighted by atomic mass is 15.1. The molecule has 0 atom stereocenters. The zero-order valence-corrected chi connectivity index (χ0v) is 38.9. The first-order valence-electron chi connectivity index (χ1n) is 24.6. The molecule has 14 rings (SSSR count). The minimum Gasteiger partial charge on any atom is -0.310 e. The molecule has 0 aromatic heterocycles. The van der Waals surface area contributed by atoms with Gasteiger partial charge in [0.25, 0.3) is 0 Å². The minimum atomic E-state index is -0.470. The van der Waals surface area contributed by atoms with Gasteiger partial charge < -0.3 is 4.90 Å². The van der Waals surface area contributed by atoms with Crippen LogP contribution >= 0.6 is 0 Å². The Balaban J connectivity index is 0.933. The van der Waals surface area contributed by atoms with Crippen molar-refractivity contribution in [2.75, 3.05) is 4.90 Å². The molecule has 0 fully saturated rings. The van der Waals surface area contributed by atoms with E-state index in [1.807, 2.05) is 0 Å². The van der Waals surface area contributed by atoms with E-state index in [4.69, 9.17) is 0 Å². The topological polar surface area (TPSA) is 3.24 Å². The van der Waals surface area contributed by atoms with Gasteiger partial charge in [0.15, 0.2) is 0 Å². The van der Waals surface area contributed by atoms with Crippen LogP contribution in [0.3, 0.4) is 0 Å². The summed E-state index contributed by atoms with van der Waals surface area (Å²) in [5.41, 5.74) is 26.7. The molecule has 0 saturated carbocycles. The van der Waals surface area contributed by atoms with Gasteiger partial charge in [0.2, 0.25) is 0 Å². The van der Waals surface area contributed by atoms with Crippen LogP contribution in [0.4, 0.5) is 17.1 Å². The van der Waals surface area contributed by atoms with Gasteiger partial charge in [-0.3, -0.25) is 0 Å². The van der Waals surface area contributed by atoms with Gasteiger partial charge in [0.05, 0.1) is 5.41 Å². The maximum absolute atomic E-state index is 2.52. The molecule has 0 saturated heterocycles. The van der Waals surface area contributed by atoms with Crippen LogP contribution in [0.5, 0.6) is 0 Å². The molecule has 1 heteroatoms. The van der Waals surface area contributed by atoms with Gasteiger partial charge >= 0.3 is 0 Å². The van der Waals surface area contributed by atoms with Crippen molar-refractivity contribution in [3.05, 3.63) is 276 Å². The summed E-state index contributed by atoms with van der Waals surface area (Å²) in [6.45, 7) is 4.83. The number of hydrogen-bond acceptors (Lipinski definition) is 1. The fourth-order valence-electron chi connectivity index (χ4n) is 12.9. The average Bonchev–Trinajstić information content (AvgIpc) is 3.97. The van der Waals surface area contributed by atoms with E-state index in [0.29, 0.717) is 0 Å². The van der Waals surface area contributed by atoms with E-state index < -0.39 is 5.41 Å². The molecule has 326 valence electrons. The van der Waals surface area contributed by atoms with Gasteiger partial charge in [0, 0.05) is 22.5 Å². The number of fused-ring (bicyclic) bond motifs is 13. The molecular formula is C68H49N. The van der Waals surface area contributed by atoms with Crippen LogP contribution < -0.4 is 4.90 Å². The Bertz CT molecular complexity index is 3740. The van der Waals surface area contributed by atoms with Crippen molar-refractivity contribution in [3.8, 4) is 55.6 Å². The zero-order valence-electron chi connectivity index (χ0n) is 38.9. The third-order valence-electron chi connectivity index (χ3n) is 16.0. The summed E-state index contributed by atoms with van der Waals surface area (Å²) in [5.74, 6) is 0. The fraction of sp³-hybridized carbons (Fsp3) is 0.0882. The third-order valence-corrected chi connectivity index (χ3v) is 16.0. The SMILES string of the molecule is CC1(C)C2=C(C=CCC2)c2ccc(N(c3ccc(-c4ccccc4)cc3)c3ccc(-c4cccc5c4-c4ccc(-c6cccc7ccccc67)cc4C54c5ccccc5-c5ccccc54)cc3)cc21. The van der Waals surface area contributed by atoms with Crippen molar-refractivity contribution in [2.24, 2.45) is 0 Å². The number of hydrogen-bond donors (Lipinski definition) is 0. The van der Waals surface area contributed by atoms with Crippen molar-refractivity contribution >= 4 is 33.4 Å². The monoisotopic (exact) mass is 879 g/mol. The Morgan fingerprint density at radius 1 is 0.377 bits per heavy atom. The van der Waals surface area contributed by atoms with Crippen LogP contribution in [-0.4, -0.2) is 0 Å². The van der Waals surface area contributed by atoms with E-state index in [1.54, 1.807) is 5.57 Å². The molecule has 0 heterocycles. The first kappa shape index (κ1) is 39.9. The second kappa shape index (κ2) is 15.1. The summed E-state index contributed by atoms with van der Waals surface area (Å²) >= 11 is 0. The van der Waals surface area contributed by atoms with E-state index in [0.717, 1.165) is 24.2 Å². The van der Waals surface area contributed by atoms with Crippen LogP contribution in [0.15, 0.2) is 242 Å². The first-order valence-corrected chi connectivity index (χ1v) is 24.6. The number of nitrogens with zero attached hydrogens (tertiary/aromatic N) is 1. The fourth-order valence-corrected chi connectivity index (χ4v) is 12.9. The van der Waals surface area contributed by atoms with Gasteiger partial charge in [-0.25, -0.2) is 0 Å². The molecule has 1 nitrogen and oxygen atoms in total. The lowest BCUT2D eigenvalue weighted by molar-refractivity contribution is 0.607. The van der Waals surface area contributed by atoms with Crippen LogP contribution in [0, 0.1) is 0 Å². The predicted molar refractivity (Wildman–Crippen MR) is 290 cm³/mol. The highest BCUT2D eigenvalue weighted by Gasteiger charge is 2.52. The van der Waals surface area contributed by atoms with E-state index in [-0.39, 0.29) is 5.41 Å². The molecule has 10 aromatic rings. The molecule has 10 aromatic carbocycles. The molecule has 69 heavy (non-hydrogen) atoms. The summed E-state index contributed by atoms with van der Waals surface area (Å²) in [7, 11) is 0. The maximum Gasteiger partial charge on any atom is 0.0725 e. The van der Waals surface area contributed by atoms with Crippen LogP contribution in [0.2, 0.25) is 0 Å². The second-order valence-corrected chi connectivity index (χ2v) is 19.8. The lowest BCUT2D eigenvalue weighted by Gasteiger charge is -2.31. The van der Waals surface area contributed by atoms with Gasteiger partial charge in [-0.1, -0.05) is 214 Å². The standard InChI is InChI=1S/C68H49N/c1-67(2)60-26-11-8-21-55(60)58-41-39-51(43-64(58)67)69(49-35-30-45(31-36-49)44-16-4-3-5-17-44)50-37-32-47(33-38-50)54-25-15-29-63-66(54)59-40-34-48(53-24-14-19-46-18-6-7-20-52(46)53)42-65(59)68(63)61-27-12-9-22-56(61)57-23-10-13-28-62(57)68/h3-10,12-25,27-43H,11,26H2,1-2H3. The van der Waals surface area contributed by atoms with Gasteiger partial charge in [-0.05, 0) is 161 Å². The Morgan fingerprint density at radius 3 is 1.71 bits per heavy atom. The number of anilines is 3. The largest absolute Gasteiger partial charge is 0.310 e. The molecule has 0 radical (unpaired) electrons. The average molecular weight is 880 g/mol. The van der Waals surface area contributed by atoms with Crippen molar-refractivity contribution in [1.29, 1.82) is 0 Å². The summed E-state index contributed by atoms with van der Waals surface area (Å²) in [5, 5.41) is 2.53. The van der Waals surface area contributed by atoms with Crippen molar-refractivity contribution in [2.45, 2.75) is 37.5 Å². The smallest absolute Gasteiger partial charge is 0.0725 e. The van der Waals surface area contributed by atoms with Crippen LogP contribution in [0.1, 0.15) is 60.1 Å². The third kappa shape index (κ3) is 5.77. The Hall–Kier alpha value is -8.26. The van der Waals surface area contributed by atoms with Crippen LogP contribution in [-0.2, 0) is 10.8 Å². The van der Waals surface area contributed by atoms with E-state index in [9.17, 15) is 0 Å². The maximum atomic E-state index is 2.52. The Labute approximate surface area is 405 Å². The summed E-state index contributed by atoms with van der Waals surface area (Å²) in [4.78, 5) is 2.45. The molecule has 4 aliphatic carbocycles. The summed E-state index contributed by atoms with van der Waals surface area (Å²) in [6, 6.07) is 84.4. The Morgan fingerprint density at radius 2 is 0.942 bits per heavy atom. The van der Waals surface area contributed by atoms with Gasteiger partial charge in [0.1, 0.15) is 0 Å². The number of rotatable bonds is 6. The van der Waals surface area contributed by atoms with Crippen LogP contribution in [0.25, 0.3) is 72.0 Å². The van der Waals surface area contributed by atoms with Gasteiger partial charge in [-0.2, -0.15) is 0 Å². The lowest BCUT2D eigenvalue weighted by Crippen LogP contribution is -2.25. The molecule has 0 amide bonds. The molecule has 0 N–H and O–H groups in total. The van der Waals surface area contributed by atoms with Crippen molar-refractivity contribution < 1.29 is 0 Å². The zero-order chi connectivity index (χ0) is 45.8. The number of allylic oxidation sites excluding steroid dienone is 4. The quantitative estimate of drug-likeness (QED) is 0.161. The Kier molecular flexibility index (Phi) is 8.74. The molecule has 1 spiro atoms. The number of benzene rings is 10. The van der Waals surface area contributed by atoms with Gasteiger partial charge in [-0.15, -0.1) is 0 Å². The first-order chi connectivity index (χ1) is 34.0. The van der Waals surface area contributed by atoms with E-state index >= 15 is 0 Å². The molecule has 4 aliphatic rings. The second-order valence-electron chi connectivity index (χ2n) is 19.8. The predicted octanol–water partition coefficient (Wildman–Crippen LogP) is 18.0. The molecular weight excluding hydrogens is 831 g/mol. The van der Waals surface area contributed by atoms with E-state index in [2.05, 4.69) is 255 Å². The normalized spacial score (nSPS) is 15.1.